The van der Waals surface area contributed by atoms with Crippen LogP contribution in [0.5, 0.6) is 0 Å². The average Bonchev–Trinajstić information content (AvgIpc) is 2.98. The number of carbonyl (C=O) groups is 4. The fraction of sp³-hybridized carbons (Fsp3) is 0.516. The number of hydrogen-bond acceptors (Lipinski definition) is 8. The number of pyridine rings is 1. The molecule has 1 fully saturated rings. The number of hydrogen-bond donors (Lipinski definition) is 6. The van der Waals surface area contributed by atoms with Crippen LogP contribution in [0.1, 0.15) is 74.2 Å². The molecular formula is C31H44BrN7O4. The molecule has 1 aliphatic carbocycles. The van der Waals surface area contributed by atoms with Gasteiger partial charge in [0.2, 0.25) is 11.8 Å². The Kier molecular flexibility index (Phi) is 14.2. The van der Waals surface area contributed by atoms with Crippen LogP contribution in [0.15, 0.2) is 53.3 Å². The Bertz CT molecular complexity index is 1210. The third-order valence-electron chi connectivity index (χ3n) is 7.66. The summed E-state index contributed by atoms with van der Waals surface area (Å²) in [5.74, 6) is -1.26. The molecular weight excluding hydrogens is 614 g/mol. The normalized spacial score (nSPS) is 15.7. The number of benzene rings is 1. The van der Waals surface area contributed by atoms with Crippen LogP contribution < -0.4 is 32.7 Å². The Morgan fingerprint density at radius 3 is 2.26 bits per heavy atom. The second-order valence-corrected chi connectivity index (χ2v) is 12.1. The van der Waals surface area contributed by atoms with Gasteiger partial charge in [0, 0.05) is 16.9 Å². The highest BCUT2D eigenvalue weighted by atomic mass is 79.9. The number of nitrogens with two attached hydrogens (primary N) is 2. The summed E-state index contributed by atoms with van der Waals surface area (Å²) in [7, 11) is 0. The third-order valence-corrected chi connectivity index (χ3v) is 8.09. The van der Waals surface area contributed by atoms with E-state index in [4.69, 9.17) is 11.5 Å². The molecule has 234 valence electrons. The Morgan fingerprint density at radius 1 is 0.930 bits per heavy atom. The van der Waals surface area contributed by atoms with Crippen LogP contribution in [0, 0.1) is 5.92 Å². The Labute approximate surface area is 261 Å². The Hall–Kier alpha value is -3.19. The van der Waals surface area contributed by atoms with Crippen molar-refractivity contribution in [2.45, 2.75) is 89.1 Å². The summed E-state index contributed by atoms with van der Waals surface area (Å²) < 4.78 is 0.645. The Morgan fingerprint density at radius 2 is 1.60 bits per heavy atom. The van der Waals surface area contributed by atoms with Crippen molar-refractivity contribution in [1.29, 1.82) is 0 Å². The minimum absolute atomic E-state index is 0.192. The minimum Gasteiger partial charge on any atom is -0.344 e. The number of Topliss-reactive ketones (excluding diaryl/α,β-unsaturated/α-hetero) is 1. The standard InChI is InChI=1S/C31H44BrN7O4/c1-20(40)26(15-21-9-4-2-5-10-21)38-29(42)25(13-8-14-36-31(33)34)37-30(43)27(16-22-11-6-3-7-12-22)39-28(41)23-17-24(32)19-35-18-23/h2,4-5,9-10,17-19,22,25-27,31,36H,3,6-8,11-16,33-34H2,1H3,(H,37,43)(H,38,42)(H,39,41)/t25-,26-,27-/m0/s1. The van der Waals surface area contributed by atoms with E-state index in [-0.39, 0.29) is 18.1 Å². The van der Waals surface area contributed by atoms with Crippen molar-refractivity contribution >= 4 is 39.4 Å². The predicted molar refractivity (Wildman–Crippen MR) is 168 cm³/mol. The summed E-state index contributed by atoms with van der Waals surface area (Å²) >= 11 is 3.33. The molecule has 0 radical (unpaired) electrons. The van der Waals surface area contributed by atoms with E-state index in [1.807, 2.05) is 30.3 Å². The first-order chi connectivity index (χ1) is 20.6. The lowest BCUT2D eigenvalue weighted by Gasteiger charge is -2.28. The number of nitrogens with one attached hydrogen (secondary N) is 4. The summed E-state index contributed by atoms with van der Waals surface area (Å²) in [5, 5.41) is 11.5. The predicted octanol–water partition coefficient (Wildman–Crippen LogP) is 2.29. The van der Waals surface area contributed by atoms with Crippen molar-refractivity contribution in [3.8, 4) is 0 Å². The molecule has 11 nitrogen and oxygen atoms in total. The molecule has 0 spiro atoms. The number of nitrogens with zero attached hydrogens (tertiary/aromatic N) is 1. The molecule has 0 bridgehead atoms. The molecule has 1 saturated carbocycles. The van der Waals surface area contributed by atoms with Gasteiger partial charge in [-0.2, -0.15) is 0 Å². The van der Waals surface area contributed by atoms with E-state index < -0.39 is 42.1 Å². The van der Waals surface area contributed by atoms with Crippen molar-refractivity contribution in [2.24, 2.45) is 17.4 Å². The molecule has 12 heteroatoms. The van der Waals surface area contributed by atoms with E-state index >= 15 is 0 Å². The maximum atomic E-state index is 13.8. The van der Waals surface area contributed by atoms with Crippen molar-refractivity contribution in [3.63, 3.8) is 0 Å². The smallest absolute Gasteiger partial charge is 0.253 e. The number of amides is 3. The molecule has 8 N–H and O–H groups in total. The van der Waals surface area contributed by atoms with Crippen LogP contribution in [0.3, 0.4) is 0 Å². The van der Waals surface area contributed by atoms with Gasteiger partial charge in [-0.3, -0.25) is 29.5 Å². The summed E-state index contributed by atoms with van der Waals surface area (Å²) in [4.78, 5) is 57.0. The first kappa shape index (κ1) is 34.3. The topological polar surface area (TPSA) is 181 Å². The second-order valence-electron chi connectivity index (χ2n) is 11.2. The zero-order valence-corrected chi connectivity index (χ0v) is 26.3. The largest absolute Gasteiger partial charge is 0.344 e. The zero-order valence-electron chi connectivity index (χ0n) is 24.7. The quantitative estimate of drug-likeness (QED) is 0.117. The molecule has 2 aromatic rings. The number of halogens is 1. The van der Waals surface area contributed by atoms with E-state index in [2.05, 4.69) is 42.2 Å². The highest BCUT2D eigenvalue weighted by Gasteiger charge is 2.31. The van der Waals surface area contributed by atoms with E-state index in [1.54, 1.807) is 12.3 Å². The SMILES string of the molecule is CC(=O)[C@H](Cc1ccccc1)NC(=O)[C@H](CCCNC(N)N)NC(=O)[C@H](CC1CCCCC1)NC(=O)c1cncc(Br)c1. The highest BCUT2D eigenvalue weighted by Crippen LogP contribution is 2.27. The van der Waals surface area contributed by atoms with Gasteiger partial charge in [-0.25, -0.2) is 0 Å². The van der Waals surface area contributed by atoms with Crippen molar-refractivity contribution in [1.82, 2.24) is 26.3 Å². The van der Waals surface area contributed by atoms with E-state index in [0.717, 1.165) is 37.7 Å². The molecule has 0 saturated heterocycles. The first-order valence-electron chi connectivity index (χ1n) is 14.9. The fourth-order valence-electron chi connectivity index (χ4n) is 5.30. The van der Waals surface area contributed by atoms with Gasteiger partial charge in [0.25, 0.3) is 5.91 Å². The number of aromatic nitrogens is 1. The second kappa shape index (κ2) is 17.8. The van der Waals surface area contributed by atoms with Crippen molar-refractivity contribution < 1.29 is 19.2 Å². The van der Waals surface area contributed by atoms with E-state index in [0.29, 0.717) is 35.8 Å². The molecule has 1 aromatic carbocycles. The van der Waals surface area contributed by atoms with Crippen LogP contribution in [0.4, 0.5) is 0 Å². The minimum atomic E-state index is -0.945. The maximum Gasteiger partial charge on any atom is 0.253 e. The molecule has 3 amide bonds. The van der Waals surface area contributed by atoms with Gasteiger partial charge < -0.3 is 27.4 Å². The van der Waals surface area contributed by atoms with Gasteiger partial charge in [-0.15, -0.1) is 0 Å². The number of rotatable bonds is 16. The maximum absolute atomic E-state index is 13.8. The van der Waals surface area contributed by atoms with Crippen LogP contribution in [-0.4, -0.2) is 59.4 Å². The molecule has 43 heavy (non-hydrogen) atoms. The average molecular weight is 659 g/mol. The van der Waals surface area contributed by atoms with E-state index in [1.165, 1.54) is 13.1 Å². The van der Waals surface area contributed by atoms with Crippen LogP contribution >= 0.6 is 15.9 Å². The Balaban J connectivity index is 1.77. The lowest BCUT2D eigenvalue weighted by atomic mass is 9.84. The lowest BCUT2D eigenvalue weighted by molar-refractivity contribution is -0.132. The molecule has 1 heterocycles. The summed E-state index contributed by atoms with van der Waals surface area (Å²) in [5.41, 5.74) is 12.4. The monoisotopic (exact) mass is 657 g/mol. The summed E-state index contributed by atoms with van der Waals surface area (Å²) in [6, 6.07) is 8.49. The molecule has 3 rings (SSSR count). The van der Waals surface area contributed by atoms with E-state index in [9.17, 15) is 19.2 Å². The lowest BCUT2D eigenvalue weighted by Crippen LogP contribution is -2.56. The summed E-state index contributed by atoms with van der Waals surface area (Å²) in [6.45, 7) is 1.86. The highest BCUT2D eigenvalue weighted by molar-refractivity contribution is 9.10. The summed E-state index contributed by atoms with van der Waals surface area (Å²) in [6.07, 6.45) is 9.12. The van der Waals surface area contributed by atoms with Crippen molar-refractivity contribution in [3.05, 3.63) is 64.4 Å². The molecule has 0 aliphatic heterocycles. The zero-order chi connectivity index (χ0) is 31.2. The molecule has 3 atom stereocenters. The van der Waals surface area contributed by atoms with Gasteiger partial charge in [0.05, 0.1) is 11.6 Å². The molecule has 1 aliphatic rings. The number of carbonyl (C=O) groups excluding carboxylic acids is 4. The first-order valence-corrected chi connectivity index (χ1v) is 15.7. The van der Waals surface area contributed by atoms with Crippen LogP contribution in [-0.2, 0) is 20.8 Å². The molecule has 1 aromatic heterocycles. The van der Waals surface area contributed by atoms with Gasteiger partial charge in [-0.05, 0) is 72.6 Å². The third kappa shape index (κ3) is 12.1. The molecule has 0 unspecified atom stereocenters. The van der Waals surface area contributed by atoms with Gasteiger partial charge in [0.1, 0.15) is 18.4 Å². The van der Waals surface area contributed by atoms with Crippen LogP contribution in [0.2, 0.25) is 0 Å². The van der Waals surface area contributed by atoms with Gasteiger partial charge >= 0.3 is 0 Å². The number of ketones is 1. The van der Waals surface area contributed by atoms with Gasteiger partial charge in [-0.1, -0.05) is 62.4 Å². The van der Waals surface area contributed by atoms with Crippen molar-refractivity contribution in [2.75, 3.05) is 6.54 Å². The fourth-order valence-corrected chi connectivity index (χ4v) is 5.66. The van der Waals surface area contributed by atoms with Gasteiger partial charge in [0.15, 0.2) is 5.78 Å². The van der Waals surface area contributed by atoms with Crippen LogP contribution in [0.25, 0.3) is 0 Å².